The molecule has 0 aliphatic rings. The first kappa shape index (κ1) is 30.5. The molecule has 8 heteroatoms. The number of carbonyl (C=O) groups is 3. The van der Waals surface area contributed by atoms with Crippen LogP contribution < -0.4 is 14.2 Å². The topological polar surface area (TPSA) is 78.9 Å². The first-order valence-corrected chi connectivity index (χ1v) is 14.4. The summed E-state index contributed by atoms with van der Waals surface area (Å²) in [5, 5.41) is 1.04. The summed E-state index contributed by atoms with van der Waals surface area (Å²) in [5.41, 5.74) is 3.92. The van der Waals surface area contributed by atoms with E-state index >= 15 is 0 Å². The molecule has 220 valence electrons. The van der Waals surface area contributed by atoms with Crippen LogP contribution in [0.15, 0.2) is 115 Å². The molecule has 0 heterocycles. The Morgan fingerprint density at radius 3 is 1.32 bits per heavy atom. The lowest BCUT2D eigenvalue weighted by atomic mass is 10.0. The van der Waals surface area contributed by atoms with Crippen molar-refractivity contribution in [1.82, 2.24) is 0 Å². The van der Waals surface area contributed by atoms with Crippen LogP contribution in [-0.4, -0.2) is 17.9 Å². The van der Waals surface area contributed by atoms with E-state index in [1.165, 1.54) is 6.07 Å². The van der Waals surface area contributed by atoms with Crippen molar-refractivity contribution in [3.8, 4) is 17.2 Å². The second kappa shape index (κ2) is 14.0. The van der Waals surface area contributed by atoms with Gasteiger partial charge < -0.3 is 14.2 Å². The number of hydrogen-bond acceptors (Lipinski definition) is 6. The lowest BCUT2D eigenvalue weighted by Gasteiger charge is -2.12. The fourth-order valence-corrected chi connectivity index (χ4v) is 4.52. The lowest BCUT2D eigenvalue weighted by molar-refractivity contribution is 0.0720. The van der Waals surface area contributed by atoms with E-state index in [2.05, 4.69) is 0 Å². The van der Waals surface area contributed by atoms with Crippen LogP contribution in [0.5, 0.6) is 17.2 Å². The van der Waals surface area contributed by atoms with Gasteiger partial charge in [-0.05, 0) is 116 Å². The maximum absolute atomic E-state index is 12.8. The molecule has 0 aliphatic heterocycles. The van der Waals surface area contributed by atoms with Crippen LogP contribution in [0.25, 0.3) is 0 Å². The maximum Gasteiger partial charge on any atom is 0.343 e. The third kappa shape index (κ3) is 8.34. The van der Waals surface area contributed by atoms with Crippen molar-refractivity contribution in [2.75, 3.05) is 0 Å². The highest BCUT2D eigenvalue weighted by molar-refractivity contribution is 6.31. The molecule has 0 N–H and O–H groups in total. The second-order valence-corrected chi connectivity index (χ2v) is 10.9. The Morgan fingerprint density at radius 1 is 0.477 bits per heavy atom. The van der Waals surface area contributed by atoms with Crippen LogP contribution in [0.1, 0.15) is 47.8 Å². The minimum atomic E-state index is -0.571. The molecule has 0 amide bonds. The van der Waals surface area contributed by atoms with Gasteiger partial charge in [-0.2, -0.15) is 0 Å². The number of ether oxygens (including phenoxy) is 3. The summed E-state index contributed by atoms with van der Waals surface area (Å²) in [4.78, 5) is 38.0. The molecule has 0 aliphatic carbocycles. The summed E-state index contributed by atoms with van der Waals surface area (Å²) in [5.74, 6) is -0.684. The van der Waals surface area contributed by atoms with Crippen molar-refractivity contribution in [2.45, 2.75) is 19.8 Å². The monoisotopic (exact) mass is 624 g/mol. The van der Waals surface area contributed by atoms with Crippen molar-refractivity contribution >= 4 is 41.1 Å². The zero-order valence-corrected chi connectivity index (χ0v) is 25.1. The number of aryl methyl sites for hydroxylation is 3. The number of hydrogen-bond donors (Lipinski definition) is 0. The summed E-state index contributed by atoms with van der Waals surface area (Å²) in [6.45, 7) is 1.93. The van der Waals surface area contributed by atoms with E-state index in [-0.39, 0.29) is 11.5 Å². The van der Waals surface area contributed by atoms with Gasteiger partial charge >= 0.3 is 17.9 Å². The Labute approximate surface area is 264 Å². The van der Waals surface area contributed by atoms with E-state index in [1.807, 2.05) is 31.2 Å². The molecule has 0 saturated carbocycles. The van der Waals surface area contributed by atoms with E-state index in [1.54, 1.807) is 84.9 Å². The predicted molar refractivity (Wildman–Crippen MR) is 169 cm³/mol. The van der Waals surface area contributed by atoms with Gasteiger partial charge in [-0.3, -0.25) is 0 Å². The molecule has 5 aromatic carbocycles. The highest BCUT2D eigenvalue weighted by atomic mass is 35.5. The molecule has 5 aromatic rings. The first-order valence-electron chi connectivity index (χ1n) is 13.7. The molecule has 0 saturated heterocycles. The summed E-state index contributed by atoms with van der Waals surface area (Å²) >= 11 is 11.8. The van der Waals surface area contributed by atoms with E-state index in [9.17, 15) is 14.4 Å². The van der Waals surface area contributed by atoms with Crippen molar-refractivity contribution in [1.29, 1.82) is 0 Å². The minimum Gasteiger partial charge on any atom is -0.423 e. The Hall–Kier alpha value is -4.91. The first-order chi connectivity index (χ1) is 21.2. The molecule has 0 unspecified atom stereocenters. The fraction of sp³-hybridized carbons (Fsp3) is 0.0833. The van der Waals surface area contributed by atoms with Gasteiger partial charge in [-0.1, -0.05) is 53.0 Å². The molecular formula is C36H26Cl2O6. The van der Waals surface area contributed by atoms with E-state index in [0.29, 0.717) is 45.3 Å². The van der Waals surface area contributed by atoms with E-state index < -0.39 is 17.9 Å². The zero-order chi connectivity index (χ0) is 31.1. The Kier molecular flexibility index (Phi) is 9.75. The number of rotatable bonds is 9. The highest BCUT2D eigenvalue weighted by Gasteiger charge is 2.15. The molecule has 6 nitrogen and oxygen atoms in total. The minimum absolute atomic E-state index is 0.235. The largest absolute Gasteiger partial charge is 0.423 e. The number of benzene rings is 5. The van der Waals surface area contributed by atoms with Crippen LogP contribution >= 0.6 is 23.2 Å². The van der Waals surface area contributed by atoms with Crippen molar-refractivity contribution in [3.05, 3.63) is 159 Å². The van der Waals surface area contributed by atoms with Crippen LogP contribution in [0.4, 0.5) is 0 Å². The Balaban J connectivity index is 1.29. The van der Waals surface area contributed by atoms with Crippen molar-refractivity contribution in [2.24, 2.45) is 0 Å². The van der Waals surface area contributed by atoms with Gasteiger partial charge in [0.15, 0.2) is 0 Å². The normalized spacial score (nSPS) is 10.6. The average Bonchev–Trinajstić information content (AvgIpc) is 3.01. The molecule has 0 spiro atoms. The molecule has 0 radical (unpaired) electrons. The summed E-state index contributed by atoms with van der Waals surface area (Å²) in [7, 11) is 0. The van der Waals surface area contributed by atoms with Gasteiger partial charge in [-0.25, -0.2) is 14.4 Å². The number of esters is 3. The molecule has 0 fully saturated rings. The molecule has 5 rings (SSSR count). The lowest BCUT2D eigenvalue weighted by Crippen LogP contribution is -2.11. The zero-order valence-electron chi connectivity index (χ0n) is 23.6. The van der Waals surface area contributed by atoms with Gasteiger partial charge in [0, 0.05) is 16.1 Å². The Morgan fingerprint density at radius 2 is 0.864 bits per heavy atom. The van der Waals surface area contributed by atoms with Gasteiger partial charge in [0.05, 0.1) is 16.7 Å². The maximum atomic E-state index is 12.8. The van der Waals surface area contributed by atoms with E-state index in [0.717, 1.165) is 16.7 Å². The van der Waals surface area contributed by atoms with Gasteiger partial charge in [0.2, 0.25) is 0 Å². The molecule has 0 aromatic heterocycles. The predicted octanol–water partition coefficient (Wildman–Crippen LogP) is 8.74. The van der Waals surface area contributed by atoms with E-state index in [4.69, 9.17) is 37.4 Å². The summed E-state index contributed by atoms with van der Waals surface area (Å²) in [6, 6.07) is 32.0. The summed E-state index contributed by atoms with van der Waals surface area (Å²) in [6.07, 6.45) is 1.16. The van der Waals surface area contributed by atoms with Crippen molar-refractivity contribution < 1.29 is 28.6 Å². The van der Waals surface area contributed by atoms with Crippen LogP contribution in [0.2, 0.25) is 10.0 Å². The SMILES string of the molecule is Cc1ccc(C(=O)Oc2cc(CCc3ccc(OC(=O)c4ccc(Cl)cc4)cc3)cc(OC(=O)c3ccc(Cl)cc3)c2)cc1. The molecule has 0 bridgehead atoms. The van der Waals surface area contributed by atoms with Gasteiger partial charge in [-0.15, -0.1) is 0 Å². The number of carbonyl (C=O) groups excluding carboxylic acids is 3. The van der Waals surface area contributed by atoms with Crippen LogP contribution in [0, 0.1) is 6.92 Å². The second-order valence-electron chi connectivity index (χ2n) is 10.0. The van der Waals surface area contributed by atoms with Crippen LogP contribution in [0.3, 0.4) is 0 Å². The smallest absolute Gasteiger partial charge is 0.343 e. The molecule has 44 heavy (non-hydrogen) atoms. The Bertz CT molecular complexity index is 1700. The molecule has 0 atom stereocenters. The summed E-state index contributed by atoms with van der Waals surface area (Å²) < 4.78 is 16.8. The van der Waals surface area contributed by atoms with Gasteiger partial charge in [0.1, 0.15) is 17.2 Å². The highest BCUT2D eigenvalue weighted by Crippen LogP contribution is 2.27. The average molecular weight is 626 g/mol. The van der Waals surface area contributed by atoms with Gasteiger partial charge in [0.25, 0.3) is 0 Å². The molecular weight excluding hydrogens is 599 g/mol. The van der Waals surface area contributed by atoms with Crippen molar-refractivity contribution in [3.63, 3.8) is 0 Å². The third-order valence-electron chi connectivity index (χ3n) is 6.64. The fourth-order valence-electron chi connectivity index (χ4n) is 4.27. The third-order valence-corrected chi connectivity index (χ3v) is 7.15. The standard InChI is InChI=1S/C36H26Cl2O6/c1-23-2-8-26(9-3-23)35(40)43-32-20-25(21-33(22-32)44-36(41)28-12-16-30(38)17-13-28)5-4-24-6-18-31(19-7-24)42-34(39)27-10-14-29(37)15-11-27/h2-3,6-22H,4-5H2,1H3. The number of halogens is 2. The van der Waals surface area contributed by atoms with Crippen LogP contribution in [-0.2, 0) is 12.8 Å². The quantitative estimate of drug-likeness (QED) is 0.120.